The second-order valence-corrected chi connectivity index (χ2v) is 6.71. The van der Waals surface area contributed by atoms with E-state index < -0.39 is 0 Å². The normalized spacial score (nSPS) is 20.5. The highest BCUT2D eigenvalue weighted by molar-refractivity contribution is 5.51. The molecule has 26 heavy (non-hydrogen) atoms. The van der Waals surface area contributed by atoms with E-state index in [0.29, 0.717) is 17.6 Å². The minimum atomic E-state index is -0.163. The highest BCUT2D eigenvalue weighted by Gasteiger charge is 2.24. The predicted molar refractivity (Wildman–Crippen MR) is 101 cm³/mol. The van der Waals surface area contributed by atoms with E-state index in [9.17, 15) is 4.39 Å². The summed E-state index contributed by atoms with van der Waals surface area (Å²) in [6.45, 7) is 4.65. The van der Waals surface area contributed by atoms with Crippen LogP contribution in [-0.2, 0) is 4.74 Å². The van der Waals surface area contributed by atoms with E-state index >= 15 is 0 Å². The molecule has 138 valence electrons. The number of aromatic nitrogens is 2. The molecule has 2 saturated heterocycles. The van der Waals surface area contributed by atoms with Gasteiger partial charge in [-0.3, -0.25) is 0 Å². The van der Waals surface area contributed by atoms with Crippen LogP contribution in [0.2, 0.25) is 0 Å². The fourth-order valence-corrected chi connectivity index (χ4v) is 3.59. The molecule has 3 heterocycles. The zero-order chi connectivity index (χ0) is 17.9. The first-order valence-electron chi connectivity index (χ1n) is 9.13. The van der Waals surface area contributed by atoms with Crippen LogP contribution in [0, 0.1) is 5.82 Å². The van der Waals surface area contributed by atoms with Crippen LogP contribution in [0.25, 0.3) is 0 Å². The van der Waals surface area contributed by atoms with Crippen LogP contribution in [0.3, 0.4) is 0 Å². The molecule has 0 aliphatic carbocycles. The number of anilines is 3. The molecule has 6 nitrogen and oxygen atoms in total. The molecule has 2 aliphatic heterocycles. The third kappa shape index (κ3) is 3.44. The summed E-state index contributed by atoms with van der Waals surface area (Å²) in [6.07, 6.45) is 1.00. The molecular formula is C19H24FN5O. The monoisotopic (exact) mass is 357 g/mol. The van der Waals surface area contributed by atoms with Gasteiger partial charge in [0.2, 0.25) is 5.95 Å². The number of rotatable bonds is 4. The first-order valence-corrected chi connectivity index (χ1v) is 9.13. The molecule has 2 aliphatic rings. The van der Waals surface area contributed by atoms with Crippen molar-refractivity contribution in [1.82, 2.24) is 9.97 Å². The summed E-state index contributed by atoms with van der Waals surface area (Å²) in [5.41, 5.74) is 1.71. The average molecular weight is 357 g/mol. The van der Waals surface area contributed by atoms with E-state index in [1.165, 1.54) is 6.07 Å². The van der Waals surface area contributed by atoms with Gasteiger partial charge in [0.05, 0.1) is 18.0 Å². The molecule has 1 N–H and O–H groups in total. The number of piperazine rings is 1. The number of para-hydroxylation sites is 1. The topological polar surface area (TPSA) is 53.5 Å². The lowest BCUT2D eigenvalue weighted by molar-refractivity contribution is 0.193. The third-order valence-electron chi connectivity index (χ3n) is 5.10. The smallest absolute Gasteiger partial charge is 0.224 e. The van der Waals surface area contributed by atoms with Gasteiger partial charge in [0.15, 0.2) is 0 Å². The van der Waals surface area contributed by atoms with E-state index in [4.69, 9.17) is 4.74 Å². The van der Waals surface area contributed by atoms with Crippen molar-refractivity contribution in [3.05, 3.63) is 41.8 Å². The molecule has 0 radical (unpaired) electrons. The Balaban J connectivity index is 1.50. The van der Waals surface area contributed by atoms with Gasteiger partial charge in [-0.05, 0) is 18.6 Å². The van der Waals surface area contributed by atoms with Crippen molar-refractivity contribution in [2.24, 2.45) is 0 Å². The van der Waals surface area contributed by atoms with Gasteiger partial charge in [-0.2, -0.15) is 4.98 Å². The maximum Gasteiger partial charge on any atom is 0.224 e. The van der Waals surface area contributed by atoms with E-state index in [1.807, 2.05) is 19.2 Å². The van der Waals surface area contributed by atoms with Crippen LogP contribution in [0.1, 0.15) is 18.0 Å². The lowest BCUT2D eigenvalue weighted by Gasteiger charge is -2.37. The molecule has 4 rings (SSSR count). The van der Waals surface area contributed by atoms with Crippen molar-refractivity contribution in [2.45, 2.75) is 12.3 Å². The summed E-state index contributed by atoms with van der Waals surface area (Å²) in [5.74, 6) is 1.74. The largest absolute Gasteiger partial charge is 0.381 e. The van der Waals surface area contributed by atoms with Crippen molar-refractivity contribution in [1.29, 1.82) is 0 Å². The summed E-state index contributed by atoms with van der Waals surface area (Å²) in [5, 5.41) is 3.06. The number of nitrogens with one attached hydrogen (secondary N) is 1. The Kier molecular flexibility index (Phi) is 4.88. The van der Waals surface area contributed by atoms with Crippen LogP contribution in [0.15, 0.2) is 30.3 Å². The molecular weight excluding hydrogens is 333 g/mol. The summed E-state index contributed by atoms with van der Waals surface area (Å²) in [6, 6.07) is 9.04. The number of hydrogen-bond acceptors (Lipinski definition) is 6. The fourth-order valence-electron chi connectivity index (χ4n) is 3.59. The van der Waals surface area contributed by atoms with Gasteiger partial charge in [-0.15, -0.1) is 0 Å². The van der Waals surface area contributed by atoms with Crippen LogP contribution in [0.5, 0.6) is 0 Å². The van der Waals surface area contributed by atoms with Gasteiger partial charge in [-0.25, -0.2) is 9.37 Å². The van der Waals surface area contributed by atoms with Crippen molar-refractivity contribution in [3.8, 4) is 0 Å². The van der Waals surface area contributed by atoms with Gasteiger partial charge in [-0.1, -0.05) is 12.1 Å². The molecule has 1 aromatic heterocycles. The summed E-state index contributed by atoms with van der Waals surface area (Å²) in [7, 11) is 1.84. The zero-order valence-corrected chi connectivity index (χ0v) is 15.0. The molecule has 0 saturated carbocycles. The number of halogens is 1. The molecule has 7 heteroatoms. The summed E-state index contributed by atoms with van der Waals surface area (Å²) < 4.78 is 19.5. The van der Waals surface area contributed by atoms with E-state index in [1.54, 1.807) is 6.07 Å². The van der Waals surface area contributed by atoms with Crippen LogP contribution >= 0.6 is 0 Å². The standard InChI is InChI=1S/C19H24FN5O/c1-21-19-22-16(14-6-11-26-13-14)12-18(23-19)25-9-7-24(8-10-25)17-5-3-2-4-15(17)20/h2-5,12,14H,6-11,13H2,1H3,(H,21,22,23)/t14-/m0/s1. The van der Waals surface area contributed by atoms with E-state index in [-0.39, 0.29) is 5.82 Å². The Bertz CT molecular complexity index is 757. The Morgan fingerprint density at radius 3 is 2.58 bits per heavy atom. The Hall–Kier alpha value is -2.41. The third-order valence-corrected chi connectivity index (χ3v) is 5.10. The first kappa shape index (κ1) is 17.0. The number of ether oxygens (including phenoxy) is 1. The molecule has 1 atom stereocenters. The molecule has 2 fully saturated rings. The summed E-state index contributed by atoms with van der Waals surface area (Å²) >= 11 is 0. The molecule has 0 amide bonds. The first-order chi connectivity index (χ1) is 12.7. The maximum absolute atomic E-state index is 14.0. The van der Waals surface area contributed by atoms with Crippen LogP contribution < -0.4 is 15.1 Å². The summed E-state index contributed by atoms with van der Waals surface area (Å²) in [4.78, 5) is 13.6. The number of hydrogen-bond donors (Lipinski definition) is 1. The molecule has 1 aromatic carbocycles. The van der Waals surface area contributed by atoms with Gasteiger partial charge in [0.25, 0.3) is 0 Å². The highest BCUT2D eigenvalue weighted by atomic mass is 19.1. The van der Waals surface area contributed by atoms with E-state index in [2.05, 4.69) is 31.2 Å². The predicted octanol–water partition coefficient (Wildman–Crippen LogP) is 2.49. The van der Waals surface area contributed by atoms with Crippen molar-refractivity contribution in [2.75, 3.05) is 61.6 Å². The highest BCUT2D eigenvalue weighted by Crippen LogP contribution is 2.28. The van der Waals surface area contributed by atoms with Gasteiger partial charge in [0, 0.05) is 51.8 Å². The lowest BCUT2D eigenvalue weighted by atomic mass is 10.0. The van der Waals surface area contributed by atoms with Crippen LogP contribution in [-0.4, -0.2) is 56.4 Å². The Morgan fingerprint density at radius 1 is 1.12 bits per heavy atom. The van der Waals surface area contributed by atoms with Crippen molar-refractivity contribution in [3.63, 3.8) is 0 Å². The lowest BCUT2D eigenvalue weighted by Crippen LogP contribution is -2.47. The van der Waals surface area contributed by atoms with Gasteiger partial charge < -0.3 is 19.9 Å². The van der Waals surface area contributed by atoms with Gasteiger partial charge in [0.1, 0.15) is 11.6 Å². The minimum Gasteiger partial charge on any atom is -0.381 e. The second-order valence-electron chi connectivity index (χ2n) is 6.71. The molecule has 0 bridgehead atoms. The van der Waals surface area contributed by atoms with Crippen molar-refractivity contribution < 1.29 is 9.13 Å². The minimum absolute atomic E-state index is 0.163. The molecule has 0 unspecified atom stereocenters. The quantitative estimate of drug-likeness (QED) is 0.907. The SMILES string of the molecule is CNc1nc([C@H]2CCOC2)cc(N2CCN(c3ccccc3F)CC2)n1. The second kappa shape index (κ2) is 7.45. The Morgan fingerprint density at radius 2 is 1.88 bits per heavy atom. The van der Waals surface area contributed by atoms with Gasteiger partial charge >= 0.3 is 0 Å². The molecule has 0 spiro atoms. The zero-order valence-electron chi connectivity index (χ0n) is 15.0. The molecule has 2 aromatic rings. The van der Waals surface area contributed by atoms with Crippen LogP contribution in [0.4, 0.5) is 21.8 Å². The fraction of sp³-hybridized carbons (Fsp3) is 0.474. The van der Waals surface area contributed by atoms with Crippen molar-refractivity contribution >= 4 is 17.5 Å². The van der Waals surface area contributed by atoms with E-state index in [0.717, 1.165) is 57.3 Å². The number of nitrogens with zero attached hydrogens (tertiary/aromatic N) is 4. The average Bonchev–Trinajstić information content (AvgIpc) is 3.23. The maximum atomic E-state index is 14.0. The Labute approximate surface area is 153 Å². The number of benzene rings is 1.